The van der Waals surface area contributed by atoms with Gasteiger partial charge in [-0.05, 0) is 38.8 Å². The first-order chi connectivity index (χ1) is 10.2. The highest BCUT2D eigenvalue weighted by molar-refractivity contribution is 5.75. The van der Waals surface area contributed by atoms with Gasteiger partial charge in [-0.15, -0.1) is 0 Å². The average molecular weight is 290 g/mol. The molecule has 0 aliphatic rings. The lowest BCUT2D eigenvalue weighted by molar-refractivity contribution is 0.106. The van der Waals surface area contributed by atoms with E-state index in [4.69, 9.17) is 15.6 Å². The van der Waals surface area contributed by atoms with E-state index in [0.717, 1.165) is 37.1 Å². The average Bonchev–Trinajstić information content (AvgIpc) is 2.87. The molecule has 2 unspecified atom stereocenters. The Kier molecular flexibility index (Phi) is 5.73. The molecule has 0 aliphatic carbocycles. The quantitative estimate of drug-likeness (QED) is 0.578. The summed E-state index contributed by atoms with van der Waals surface area (Å²) in [5.41, 5.74) is 5.16. The number of nitrogens with one attached hydrogen (secondary N) is 1. The van der Waals surface area contributed by atoms with E-state index in [1.807, 2.05) is 6.07 Å². The van der Waals surface area contributed by atoms with Crippen LogP contribution < -0.4 is 11.3 Å². The molecule has 21 heavy (non-hydrogen) atoms. The zero-order valence-corrected chi connectivity index (χ0v) is 13.2. The van der Waals surface area contributed by atoms with Crippen molar-refractivity contribution in [3.8, 4) is 0 Å². The van der Waals surface area contributed by atoms with E-state index >= 15 is 0 Å². The summed E-state index contributed by atoms with van der Waals surface area (Å²) >= 11 is 0. The van der Waals surface area contributed by atoms with Crippen molar-refractivity contribution in [1.29, 1.82) is 0 Å². The highest BCUT2D eigenvalue weighted by Crippen LogP contribution is 2.18. The van der Waals surface area contributed by atoms with E-state index in [2.05, 4.69) is 42.0 Å². The van der Waals surface area contributed by atoms with Crippen molar-refractivity contribution < 1.29 is 4.74 Å². The minimum Gasteiger partial charge on any atom is -0.382 e. The van der Waals surface area contributed by atoms with Crippen LogP contribution in [0.4, 0.5) is 0 Å². The third-order valence-corrected chi connectivity index (χ3v) is 4.04. The summed E-state index contributed by atoms with van der Waals surface area (Å²) in [7, 11) is 1.74. The van der Waals surface area contributed by atoms with Crippen LogP contribution in [-0.4, -0.2) is 28.8 Å². The van der Waals surface area contributed by atoms with E-state index in [0.29, 0.717) is 0 Å². The van der Waals surface area contributed by atoms with Crippen molar-refractivity contribution in [3.63, 3.8) is 0 Å². The third kappa shape index (κ3) is 3.81. The molecule has 5 nitrogen and oxygen atoms in total. The monoisotopic (exact) mass is 290 g/mol. The predicted molar refractivity (Wildman–Crippen MR) is 85.9 cm³/mol. The molecule has 2 rings (SSSR count). The second kappa shape index (κ2) is 7.54. The predicted octanol–water partition coefficient (Wildman–Crippen LogP) is 2.25. The Morgan fingerprint density at radius 3 is 2.76 bits per heavy atom. The van der Waals surface area contributed by atoms with Gasteiger partial charge in [0.1, 0.15) is 5.82 Å². The summed E-state index contributed by atoms with van der Waals surface area (Å²) in [5.74, 6) is 6.80. The topological polar surface area (TPSA) is 65.1 Å². The molecule has 3 N–H and O–H groups in total. The lowest BCUT2D eigenvalue weighted by atomic mass is 10.1. The van der Waals surface area contributed by atoms with Crippen molar-refractivity contribution >= 4 is 11.0 Å². The Labute approximate surface area is 126 Å². The first-order valence-electron chi connectivity index (χ1n) is 7.62. The number of ether oxygens (including phenoxy) is 1. The number of fused-ring (bicyclic) bond motifs is 1. The molecule has 0 fully saturated rings. The van der Waals surface area contributed by atoms with Gasteiger partial charge < -0.3 is 9.30 Å². The molecular weight excluding hydrogens is 264 g/mol. The number of benzene rings is 1. The van der Waals surface area contributed by atoms with Crippen molar-refractivity contribution in [3.05, 3.63) is 30.1 Å². The standard InChI is InChI=1S/C16H26N4O/c1-4-20-15-8-6-5-7-14(15)18-16(20)11-13(19-17)10-9-12(2)21-3/h5-8,12-13,19H,4,9-11,17H2,1-3H3. The number of para-hydroxylation sites is 2. The number of hydrogen-bond acceptors (Lipinski definition) is 4. The highest BCUT2D eigenvalue weighted by atomic mass is 16.5. The molecule has 1 aromatic carbocycles. The zero-order chi connectivity index (χ0) is 15.2. The van der Waals surface area contributed by atoms with Crippen LogP contribution in [0, 0.1) is 0 Å². The number of methoxy groups -OCH3 is 1. The maximum absolute atomic E-state index is 5.71. The van der Waals surface area contributed by atoms with Gasteiger partial charge in [-0.1, -0.05) is 12.1 Å². The van der Waals surface area contributed by atoms with Crippen molar-refractivity contribution in [2.75, 3.05) is 7.11 Å². The van der Waals surface area contributed by atoms with Gasteiger partial charge in [-0.2, -0.15) is 0 Å². The molecule has 0 aliphatic heterocycles. The SMILES string of the molecule is CCn1c(CC(CCC(C)OC)NN)nc2ccccc21. The Morgan fingerprint density at radius 2 is 2.10 bits per heavy atom. The Morgan fingerprint density at radius 1 is 1.33 bits per heavy atom. The second-order valence-corrected chi connectivity index (χ2v) is 5.45. The first-order valence-corrected chi connectivity index (χ1v) is 7.62. The fourth-order valence-corrected chi connectivity index (χ4v) is 2.65. The summed E-state index contributed by atoms with van der Waals surface area (Å²) in [5, 5.41) is 0. The van der Waals surface area contributed by atoms with Crippen LogP contribution in [-0.2, 0) is 17.7 Å². The minimum absolute atomic E-state index is 0.213. The van der Waals surface area contributed by atoms with E-state index in [-0.39, 0.29) is 12.1 Å². The van der Waals surface area contributed by atoms with Crippen LogP contribution in [0.1, 0.15) is 32.5 Å². The van der Waals surface area contributed by atoms with Gasteiger partial charge >= 0.3 is 0 Å². The van der Waals surface area contributed by atoms with Gasteiger partial charge in [-0.3, -0.25) is 11.3 Å². The molecule has 2 aromatic rings. The highest BCUT2D eigenvalue weighted by Gasteiger charge is 2.15. The maximum atomic E-state index is 5.71. The lowest BCUT2D eigenvalue weighted by Gasteiger charge is -2.18. The summed E-state index contributed by atoms with van der Waals surface area (Å²) in [6.45, 7) is 5.14. The van der Waals surface area contributed by atoms with E-state index in [9.17, 15) is 0 Å². The number of rotatable bonds is 8. The fraction of sp³-hybridized carbons (Fsp3) is 0.562. The minimum atomic E-state index is 0.213. The molecule has 2 atom stereocenters. The zero-order valence-electron chi connectivity index (χ0n) is 13.2. The van der Waals surface area contributed by atoms with E-state index < -0.39 is 0 Å². The molecule has 0 bridgehead atoms. The number of nitrogens with two attached hydrogens (primary N) is 1. The number of aromatic nitrogens is 2. The molecule has 0 saturated carbocycles. The normalized spacial score (nSPS) is 14.5. The van der Waals surface area contributed by atoms with Crippen molar-refractivity contribution in [2.24, 2.45) is 5.84 Å². The number of hydrazine groups is 1. The maximum Gasteiger partial charge on any atom is 0.111 e. The van der Waals surface area contributed by atoms with E-state index in [1.165, 1.54) is 5.52 Å². The van der Waals surface area contributed by atoms with Crippen LogP contribution in [0.2, 0.25) is 0 Å². The van der Waals surface area contributed by atoms with Crippen LogP contribution in [0.25, 0.3) is 11.0 Å². The largest absolute Gasteiger partial charge is 0.382 e. The van der Waals surface area contributed by atoms with Crippen molar-refractivity contribution in [2.45, 2.75) is 51.8 Å². The molecule has 1 aromatic heterocycles. The number of imidazole rings is 1. The number of aryl methyl sites for hydroxylation is 1. The van der Waals surface area contributed by atoms with Gasteiger partial charge in [0, 0.05) is 26.1 Å². The molecule has 1 heterocycles. The summed E-state index contributed by atoms with van der Waals surface area (Å²) in [6.07, 6.45) is 3.04. The Balaban J connectivity index is 2.13. The van der Waals surface area contributed by atoms with Crippen LogP contribution in [0.5, 0.6) is 0 Å². The van der Waals surface area contributed by atoms with Crippen LogP contribution >= 0.6 is 0 Å². The summed E-state index contributed by atoms with van der Waals surface area (Å²) in [6, 6.07) is 8.47. The van der Waals surface area contributed by atoms with Gasteiger partial charge in [0.25, 0.3) is 0 Å². The summed E-state index contributed by atoms with van der Waals surface area (Å²) in [4.78, 5) is 4.75. The molecule has 0 amide bonds. The third-order valence-electron chi connectivity index (χ3n) is 4.04. The number of hydrogen-bond donors (Lipinski definition) is 2. The van der Waals surface area contributed by atoms with Crippen LogP contribution in [0.3, 0.4) is 0 Å². The Hall–Kier alpha value is -1.43. The molecule has 0 spiro atoms. The molecule has 5 heteroatoms. The molecule has 0 radical (unpaired) electrons. The lowest BCUT2D eigenvalue weighted by Crippen LogP contribution is -2.38. The smallest absolute Gasteiger partial charge is 0.111 e. The molecule has 0 saturated heterocycles. The van der Waals surface area contributed by atoms with E-state index in [1.54, 1.807) is 7.11 Å². The fourth-order valence-electron chi connectivity index (χ4n) is 2.65. The van der Waals surface area contributed by atoms with Crippen LogP contribution in [0.15, 0.2) is 24.3 Å². The second-order valence-electron chi connectivity index (χ2n) is 5.45. The van der Waals surface area contributed by atoms with Crippen molar-refractivity contribution in [1.82, 2.24) is 15.0 Å². The van der Waals surface area contributed by atoms with Gasteiger partial charge in [0.2, 0.25) is 0 Å². The summed E-state index contributed by atoms with van der Waals surface area (Å²) < 4.78 is 7.56. The van der Waals surface area contributed by atoms with Gasteiger partial charge in [0.05, 0.1) is 17.1 Å². The molecular formula is C16H26N4O. The first kappa shape index (κ1) is 15.9. The number of nitrogens with zero attached hydrogens (tertiary/aromatic N) is 2. The Bertz CT molecular complexity index is 566. The van der Waals surface area contributed by atoms with Gasteiger partial charge in [-0.25, -0.2) is 4.98 Å². The van der Waals surface area contributed by atoms with Gasteiger partial charge in [0.15, 0.2) is 0 Å². The molecule has 116 valence electrons.